The minimum absolute atomic E-state index is 0.113. The highest BCUT2D eigenvalue weighted by Gasteiger charge is 2.36. The number of rotatable bonds is 16. The molecule has 2 aromatic carbocycles. The number of esters is 2. The van der Waals surface area contributed by atoms with Crippen LogP contribution in [0.3, 0.4) is 0 Å². The normalized spacial score (nSPS) is 19.3. The van der Waals surface area contributed by atoms with Crippen LogP contribution in [0.25, 0.3) is 0 Å². The summed E-state index contributed by atoms with van der Waals surface area (Å²) >= 11 is 0. The highest BCUT2D eigenvalue weighted by atomic mass is 19.4. The predicted octanol–water partition coefficient (Wildman–Crippen LogP) is 5.46. The molecular weight excluding hydrogens is 689 g/mol. The van der Waals surface area contributed by atoms with E-state index in [9.17, 15) is 27.6 Å². The van der Waals surface area contributed by atoms with E-state index in [1.54, 1.807) is 26.0 Å². The third-order valence-corrected chi connectivity index (χ3v) is 8.38. The Hall–Kier alpha value is -4.89. The number of aromatic nitrogens is 1. The van der Waals surface area contributed by atoms with E-state index < -0.39 is 43.1 Å². The number of hydrogen-bond donors (Lipinski definition) is 1. The van der Waals surface area contributed by atoms with Crippen molar-refractivity contribution in [2.45, 2.75) is 58.0 Å². The molecule has 1 amide bonds. The van der Waals surface area contributed by atoms with Crippen LogP contribution in [-0.4, -0.2) is 81.7 Å². The Morgan fingerprint density at radius 2 is 1.77 bits per heavy atom. The molecule has 1 saturated heterocycles. The molecule has 0 radical (unpaired) electrons. The lowest BCUT2D eigenvalue weighted by Crippen LogP contribution is -2.46. The van der Waals surface area contributed by atoms with Crippen LogP contribution in [0.15, 0.2) is 66.9 Å². The molecule has 0 spiro atoms. The number of pyridine rings is 1. The Balaban J connectivity index is 1.49. The maximum absolute atomic E-state index is 13.5. The van der Waals surface area contributed by atoms with Gasteiger partial charge in [0.1, 0.15) is 18.5 Å². The van der Waals surface area contributed by atoms with Gasteiger partial charge in [-0.25, -0.2) is 14.6 Å². The Labute approximate surface area is 299 Å². The van der Waals surface area contributed by atoms with Gasteiger partial charge in [0.05, 0.1) is 13.7 Å². The van der Waals surface area contributed by atoms with Crippen LogP contribution in [0.5, 0.6) is 17.2 Å². The van der Waals surface area contributed by atoms with Crippen LogP contribution in [-0.2, 0) is 41.4 Å². The summed E-state index contributed by atoms with van der Waals surface area (Å²) < 4.78 is 75.1. The number of benzene rings is 2. The largest absolute Gasteiger partial charge is 0.573 e. The zero-order chi connectivity index (χ0) is 37.5. The fourth-order valence-corrected chi connectivity index (χ4v) is 5.81. The summed E-state index contributed by atoms with van der Waals surface area (Å²) in [7, 11) is 1.35. The summed E-state index contributed by atoms with van der Waals surface area (Å²) in [6, 6.07) is 15.8. The molecule has 1 N–H and O–H groups in total. The Morgan fingerprint density at radius 3 is 2.46 bits per heavy atom. The van der Waals surface area contributed by atoms with E-state index in [1.165, 1.54) is 37.1 Å². The molecule has 0 saturated carbocycles. The summed E-state index contributed by atoms with van der Waals surface area (Å²) in [5, 5.41) is 2.62. The van der Waals surface area contributed by atoms with Gasteiger partial charge in [-0.3, -0.25) is 4.79 Å². The number of carbonyl (C=O) groups excluding carboxylic acids is 3. The van der Waals surface area contributed by atoms with E-state index in [0.717, 1.165) is 18.4 Å². The number of carbonyl (C=O) groups is 3. The van der Waals surface area contributed by atoms with Gasteiger partial charge in [-0.2, -0.15) is 0 Å². The zero-order valence-corrected chi connectivity index (χ0v) is 29.2. The highest BCUT2D eigenvalue weighted by molar-refractivity contribution is 5.98. The van der Waals surface area contributed by atoms with Crippen LogP contribution in [0.4, 0.5) is 13.2 Å². The second-order valence-electron chi connectivity index (χ2n) is 12.0. The summed E-state index contributed by atoms with van der Waals surface area (Å²) in [5.74, 6) is -2.96. The SMILES string of the molecule is CCOCC(=O)OCOc1c(OC)ccnc1C(=O)N[C@H]1COC[C@H](CCCc2ccccc2)[C@@H](Cc2ccc(OC(F)(F)F)cc2)[C@H](C)OC1=O. The number of cyclic esters (lactones) is 1. The third kappa shape index (κ3) is 12.4. The second kappa shape index (κ2) is 19.6. The smallest absolute Gasteiger partial charge is 0.493 e. The van der Waals surface area contributed by atoms with Gasteiger partial charge in [0, 0.05) is 31.4 Å². The number of nitrogens with one attached hydrogen (secondary N) is 1. The maximum atomic E-state index is 13.5. The monoisotopic (exact) mass is 732 g/mol. The topological polar surface area (TPSA) is 141 Å². The van der Waals surface area contributed by atoms with Gasteiger partial charge in [-0.05, 0) is 68.7 Å². The number of hydrogen-bond acceptors (Lipinski definition) is 11. The first kappa shape index (κ1) is 39.9. The van der Waals surface area contributed by atoms with Crippen molar-refractivity contribution in [3.63, 3.8) is 0 Å². The molecule has 2 heterocycles. The molecule has 1 aliphatic heterocycles. The van der Waals surface area contributed by atoms with Crippen molar-refractivity contribution in [1.82, 2.24) is 10.3 Å². The number of halogens is 3. The van der Waals surface area contributed by atoms with Gasteiger partial charge in [-0.15, -0.1) is 13.2 Å². The number of aryl methyl sites for hydroxylation is 1. The number of nitrogens with zero attached hydrogens (tertiary/aromatic N) is 1. The van der Waals surface area contributed by atoms with Crippen molar-refractivity contribution in [3.05, 3.63) is 83.7 Å². The average Bonchev–Trinajstić information content (AvgIpc) is 3.16. The summed E-state index contributed by atoms with van der Waals surface area (Å²) in [6.45, 7) is 2.96. The summed E-state index contributed by atoms with van der Waals surface area (Å²) in [6.07, 6.45) is -1.47. The molecule has 4 atom stereocenters. The fourth-order valence-electron chi connectivity index (χ4n) is 5.81. The highest BCUT2D eigenvalue weighted by Crippen LogP contribution is 2.32. The Bertz CT molecular complexity index is 1590. The molecule has 1 fully saturated rings. The fraction of sp³-hybridized carbons (Fsp3) is 0.459. The van der Waals surface area contributed by atoms with Gasteiger partial charge in [0.15, 0.2) is 23.2 Å². The van der Waals surface area contributed by atoms with E-state index in [1.807, 2.05) is 30.3 Å². The van der Waals surface area contributed by atoms with Crippen molar-refractivity contribution < 1.29 is 60.7 Å². The van der Waals surface area contributed by atoms with Gasteiger partial charge in [0.2, 0.25) is 6.79 Å². The van der Waals surface area contributed by atoms with E-state index in [0.29, 0.717) is 19.4 Å². The summed E-state index contributed by atoms with van der Waals surface area (Å²) in [4.78, 5) is 43.0. The first-order valence-electron chi connectivity index (χ1n) is 16.8. The molecule has 52 heavy (non-hydrogen) atoms. The van der Waals surface area contributed by atoms with Gasteiger partial charge < -0.3 is 38.5 Å². The van der Waals surface area contributed by atoms with E-state index in [4.69, 9.17) is 28.4 Å². The second-order valence-corrected chi connectivity index (χ2v) is 12.0. The molecule has 3 aromatic rings. The predicted molar refractivity (Wildman–Crippen MR) is 180 cm³/mol. The van der Waals surface area contributed by atoms with Crippen molar-refractivity contribution in [3.8, 4) is 17.2 Å². The van der Waals surface area contributed by atoms with Crippen LogP contribution in [0.1, 0.15) is 48.3 Å². The van der Waals surface area contributed by atoms with Crippen LogP contribution in [0.2, 0.25) is 0 Å². The standard InChI is InChI=1S/C37H43F3N2O10/c1-4-47-22-32(43)49-23-50-34-31(46-3)17-18-41-33(34)35(44)42-30-21-48-20-27(12-8-11-25-9-6-5-7-10-25)29(24(2)51-36(30)45)19-26-13-15-28(16-14-26)52-37(38,39)40/h5-7,9-10,13-18,24,27,29-30H,4,8,11-12,19-23H2,1-3H3,(H,42,44)/t24-,27-,29-,30-/m0/s1. The van der Waals surface area contributed by atoms with Gasteiger partial charge >= 0.3 is 18.3 Å². The van der Waals surface area contributed by atoms with Crippen LogP contribution in [0, 0.1) is 11.8 Å². The van der Waals surface area contributed by atoms with Crippen molar-refractivity contribution in [1.29, 1.82) is 0 Å². The first-order chi connectivity index (χ1) is 25.0. The Morgan fingerprint density at radius 1 is 1.02 bits per heavy atom. The lowest BCUT2D eigenvalue weighted by Gasteiger charge is -2.31. The summed E-state index contributed by atoms with van der Waals surface area (Å²) in [5.41, 5.74) is 1.65. The molecule has 0 aliphatic carbocycles. The number of alkyl halides is 3. The minimum atomic E-state index is -4.81. The van der Waals surface area contributed by atoms with Crippen molar-refractivity contribution >= 4 is 17.8 Å². The molecule has 1 aromatic heterocycles. The maximum Gasteiger partial charge on any atom is 0.573 e. The number of methoxy groups -OCH3 is 1. The van der Waals surface area contributed by atoms with Crippen LogP contribution >= 0.6 is 0 Å². The molecular formula is C37H43F3N2O10. The average molecular weight is 733 g/mol. The van der Waals surface area contributed by atoms with E-state index >= 15 is 0 Å². The van der Waals surface area contributed by atoms with Crippen molar-refractivity contribution in [2.24, 2.45) is 11.8 Å². The molecule has 0 bridgehead atoms. The lowest BCUT2D eigenvalue weighted by atomic mass is 9.80. The molecule has 4 rings (SSSR count). The molecule has 1 aliphatic rings. The van der Waals surface area contributed by atoms with Crippen LogP contribution < -0.4 is 19.5 Å². The lowest BCUT2D eigenvalue weighted by molar-refractivity contribution is -0.274. The van der Waals surface area contributed by atoms with Gasteiger partial charge in [-0.1, -0.05) is 42.5 Å². The third-order valence-electron chi connectivity index (χ3n) is 8.38. The quantitative estimate of drug-likeness (QED) is 0.148. The van der Waals surface area contributed by atoms with E-state index in [-0.39, 0.29) is 54.6 Å². The number of ether oxygens (including phenoxy) is 7. The first-order valence-corrected chi connectivity index (χ1v) is 16.8. The molecule has 0 unspecified atom stereocenters. The molecule has 282 valence electrons. The van der Waals surface area contributed by atoms with Crippen molar-refractivity contribution in [2.75, 3.05) is 40.3 Å². The van der Waals surface area contributed by atoms with E-state index in [2.05, 4.69) is 15.0 Å². The molecule has 15 heteroatoms. The Kier molecular flexibility index (Phi) is 15.1. The number of amides is 1. The van der Waals surface area contributed by atoms with Gasteiger partial charge in [0.25, 0.3) is 5.91 Å². The zero-order valence-electron chi connectivity index (χ0n) is 29.2. The molecule has 12 nitrogen and oxygen atoms in total. The minimum Gasteiger partial charge on any atom is -0.493 e.